The second-order valence-electron chi connectivity index (χ2n) is 5.86. The molecule has 0 unspecified atom stereocenters. The number of halogens is 1. The van der Waals surface area contributed by atoms with Crippen molar-refractivity contribution in [1.29, 1.82) is 0 Å². The van der Waals surface area contributed by atoms with Gasteiger partial charge in [-0.25, -0.2) is 0 Å². The molecule has 1 N–H and O–H groups in total. The molecule has 1 amide bonds. The molecule has 0 aliphatic rings. The van der Waals surface area contributed by atoms with Crippen LogP contribution in [0.5, 0.6) is 5.75 Å². The van der Waals surface area contributed by atoms with E-state index in [0.717, 1.165) is 24.0 Å². The summed E-state index contributed by atoms with van der Waals surface area (Å²) in [6.45, 7) is 4.55. The molecule has 0 aliphatic heterocycles. The molecule has 0 saturated carbocycles. The minimum Gasteiger partial charge on any atom is -0.494 e. The van der Waals surface area contributed by atoms with E-state index >= 15 is 0 Å². The molecule has 2 aromatic carbocycles. The molecule has 1 aromatic heterocycles. The van der Waals surface area contributed by atoms with Gasteiger partial charge in [-0.05, 0) is 49.7 Å². The Bertz CT molecular complexity index is 901. The maximum absolute atomic E-state index is 12.7. The number of hydrogen-bond donors (Lipinski definition) is 1. The lowest BCUT2D eigenvalue weighted by Gasteiger charge is -2.07. The van der Waals surface area contributed by atoms with Gasteiger partial charge in [-0.3, -0.25) is 4.79 Å². The number of carbonyl (C=O) groups is 1. The highest BCUT2D eigenvalue weighted by Crippen LogP contribution is 2.30. The number of fused-ring (bicyclic) bond motifs is 1. The zero-order chi connectivity index (χ0) is 17.8. The van der Waals surface area contributed by atoms with Crippen LogP contribution in [0.15, 0.2) is 46.9 Å². The molecule has 25 heavy (non-hydrogen) atoms. The van der Waals surface area contributed by atoms with Crippen LogP contribution in [0.1, 0.15) is 35.9 Å². The van der Waals surface area contributed by atoms with Crippen molar-refractivity contribution in [3.8, 4) is 5.75 Å². The molecular weight excluding hydrogens is 338 g/mol. The number of rotatable bonds is 6. The predicted octanol–water partition coefficient (Wildman–Crippen LogP) is 5.83. The molecule has 3 rings (SSSR count). The quantitative estimate of drug-likeness (QED) is 0.565. The maximum Gasteiger partial charge on any atom is 0.259 e. The van der Waals surface area contributed by atoms with Crippen LogP contribution in [-0.4, -0.2) is 12.5 Å². The number of hydrogen-bond acceptors (Lipinski definition) is 3. The average Bonchev–Trinajstić information content (AvgIpc) is 2.90. The van der Waals surface area contributed by atoms with E-state index in [1.54, 1.807) is 31.2 Å². The fourth-order valence-corrected chi connectivity index (χ4v) is 2.86. The molecule has 0 aliphatic carbocycles. The molecule has 4 nitrogen and oxygen atoms in total. The van der Waals surface area contributed by atoms with Gasteiger partial charge in [-0.2, -0.15) is 0 Å². The summed E-state index contributed by atoms with van der Waals surface area (Å²) in [5, 5.41) is 4.18. The predicted molar refractivity (Wildman–Crippen MR) is 101 cm³/mol. The molecule has 1 heterocycles. The van der Waals surface area contributed by atoms with E-state index in [1.807, 2.05) is 18.2 Å². The molecule has 0 fully saturated rings. The molecule has 130 valence electrons. The third-order valence-corrected chi connectivity index (χ3v) is 4.15. The van der Waals surface area contributed by atoms with Crippen molar-refractivity contribution in [2.75, 3.05) is 11.9 Å². The standard InChI is InChI=1S/C20H20ClNO3/c1-3-4-10-24-16-8-9-18-17(12-16)19(13(2)25-18)20(23)22-15-7-5-6-14(21)11-15/h5-9,11-12H,3-4,10H2,1-2H3,(H,22,23). The van der Waals surface area contributed by atoms with E-state index in [9.17, 15) is 4.79 Å². The number of carbonyl (C=O) groups excluding carboxylic acids is 1. The van der Waals surface area contributed by atoms with Crippen LogP contribution in [-0.2, 0) is 0 Å². The van der Waals surface area contributed by atoms with E-state index in [0.29, 0.717) is 34.2 Å². The highest BCUT2D eigenvalue weighted by molar-refractivity contribution is 6.31. The van der Waals surface area contributed by atoms with Crippen molar-refractivity contribution in [1.82, 2.24) is 0 Å². The summed E-state index contributed by atoms with van der Waals surface area (Å²) in [4.78, 5) is 12.7. The molecule has 0 saturated heterocycles. The van der Waals surface area contributed by atoms with E-state index in [1.165, 1.54) is 0 Å². The Kier molecular flexibility index (Phi) is 5.29. The molecule has 0 radical (unpaired) electrons. The Labute approximate surface area is 151 Å². The second-order valence-corrected chi connectivity index (χ2v) is 6.29. The number of anilines is 1. The lowest BCUT2D eigenvalue weighted by molar-refractivity contribution is 0.102. The SMILES string of the molecule is CCCCOc1ccc2oc(C)c(C(=O)Nc3cccc(Cl)c3)c2c1. The normalized spacial score (nSPS) is 10.8. The summed E-state index contributed by atoms with van der Waals surface area (Å²) in [6.07, 6.45) is 2.06. The summed E-state index contributed by atoms with van der Waals surface area (Å²) in [5.41, 5.74) is 1.81. The average molecular weight is 358 g/mol. The van der Waals surface area contributed by atoms with E-state index in [2.05, 4.69) is 12.2 Å². The summed E-state index contributed by atoms with van der Waals surface area (Å²) in [5.74, 6) is 1.07. The lowest BCUT2D eigenvalue weighted by Crippen LogP contribution is -2.12. The van der Waals surface area contributed by atoms with Gasteiger partial charge < -0.3 is 14.5 Å². The Hall–Kier alpha value is -2.46. The fourth-order valence-electron chi connectivity index (χ4n) is 2.67. The van der Waals surface area contributed by atoms with Crippen LogP contribution in [0.2, 0.25) is 5.02 Å². The first-order chi connectivity index (χ1) is 12.1. The van der Waals surface area contributed by atoms with Crippen LogP contribution >= 0.6 is 11.6 Å². The molecule has 5 heteroatoms. The summed E-state index contributed by atoms with van der Waals surface area (Å²) >= 11 is 5.97. The largest absolute Gasteiger partial charge is 0.494 e. The van der Waals surface area contributed by atoms with Crippen molar-refractivity contribution >= 4 is 34.2 Å². The third kappa shape index (κ3) is 3.97. The molecule has 0 bridgehead atoms. The van der Waals surface area contributed by atoms with Gasteiger partial charge in [0.25, 0.3) is 5.91 Å². The highest BCUT2D eigenvalue weighted by Gasteiger charge is 2.19. The number of nitrogens with one attached hydrogen (secondary N) is 1. The zero-order valence-corrected chi connectivity index (χ0v) is 15.0. The van der Waals surface area contributed by atoms with E-state index in [-0.39, 0.29) is 5.91 Å². The number of ether oxygens (including phenoxy) is 1. The molecule has 0 atom stereocenters. The number of aryl methyl sites for hydroxylation is 1. The van der Waals surface area contributed by atoms with Crippen molar-refractivity contribution in [2.24, 2.45) is 0 Å². The smallest absolute Gasteiger partial charge is 0.259 e. The van der Waals surface area contributed by atoms with Gasteiger partial charge in [0.05, 0.1) is 12.2 Å². The molecule has 0 spiro atoms. The van der Waals surface area contributed by atoms with Crippen molar-refractivity contribution in [3.05, 3.63) is 58.8 Å². The zero-order valence-electron chi connectivity index (χ0n) is 14.3. The summed E-state index contributed by atoms with van der Waals surface area (Å²) < 4.78 is 11.5. The summed E-state index contributed by atoms with van der Waals surface area (Å²) in [6, 6.07) is 12.6. The van der Waals surface area contributed by atoms with Gasteiger partial charge >= 0.3 is 0 Å². The topological polar surface area (TPSA) is 51.5 Å². The Morgan fingerprint density at radius 3 is 2.84 bits per heavy atom. The maximum atomic E-state index is 12.7. The Morgan fingerprint density at radius 2 is 2.08 bits per heavy atom. The third-order valence-electron chi connectivity index (χ3n) is 3.91. The number of amides is 1. The van der Waals surface area contributed by atoms with Gasteiger partial charge in [-0.1, -0.05) is 31.0 Å². The van der Waals surface area contributed by atoms with Crippen LogP contribution in [0.25, 0.3) is 11.0 Å². The Morgan fingerprint density at radius 1 is 1.24 bits per heavy atom. The fraction of sp³-hybridized carbons (Fsp3) is 0.250. The first-order valence-electron chi connectivity index (χ1n) is 8.31. The minimum absolute atomic E-state index is 0.232. The van der Waals surface area contributed by atoms with Crippen molar-refractivity contribution < 1.29 is 13.9 Å². The van der Waals surface area contributed by atoms with Gasteiger partial charge in [0, 0.05) is 16.1 Å². The number of furan rings is 1. The van der Waals surface area contributed by atoms with Crippen LogP contribution < -0.4 is 10.1 Å². The molecule has 3 aromatic rings. The van der Waals surface area contributed by atoms with Gasteiger partial charge in [0.15, 0.2) is 0 Å². The minimum atomic E-state index is -0.232. The monoisotopic (exact) mass is 357 g/mol. The van der Waals surface area contributed by atoms with Crippen LogP contribution in [0, 0.1) is 6.92 Å². The van der Waals surface area contributed by atoms with E-state index < -0.39 is 0 Å². The Balaban J connectivity index is 1.89. The lowest BCUT2D eigenvalue weighted by atomic mass is 10.1. The summed E-state index contributed by atoms with van der Waals surface area (Å²) in [7, 11) is 0. The number of unbranched alkanes of at least 4 members (excludes halogenated alkanes) is 1. The van der Waals surface area contributed by atoms with Gasteiger partial charge in [0.2, 0.25) is 0 Å². The van der Waals surface area contributed by atoms with E-state index in [4.69, 9.17) is 20.8 Å². The van der Waals surface area contributed by atoms with Gasteiger partial charge in [0.1, 0.15) is 17.1 Å². The van der Waals surface area contributed by atoms with Gasteiger partial charge in [-0.15, -0.1) is 0 Å². The number of benzene rings is 2. The van der Waals surface area contributed by atoms with Crippen molar-refractivity contribution in [2.45, 2.75) is 26.7 Å². The van der Waals surface area contributed by atoms with Crippen molar-refractivity contribution in [3.63, 3.8) is 0 Å². The highest BCUT2D eigenvalue weighted by atomic mass is 35.5. The van der Waals surface area contributed by atoms with Crippen LogP contribution in [0.4, 0.5) is 5.69 Å². The first-order valence-corrected chi connectivity index (χ1v) is 8.69. The first kappa shape index (κ1) is 17.4. The molecular formula is C20H20ClNO3. The van der Waals surface area contributed by atoms with Crippen LogP contribution in [0.3, 0.4) is 0 Å². The second kappa shape index (κ2) is 7.62.